The largest absolute Gasteiger partial charge is 0.497 e. The van der Waals surface area contributed by atoms with Crippen LogP contribution in [0.25, 0.3) is 48.1 Å². The number of aryl methyl sites for hydroxylation is 1. The fourth-order valence-corrected chi connectivity index (χ4v) is 13.8. The third-order valence-electron chi connectivity index (χ3n) is 21.3. The summed E-state index contributed by atoms with van der Waals surface area (Å²) >= 11 is 0. The number of ether oxygens (including phenoxy) is 9. The number of rotatable bonds is 27. The van der Waals surface area contributed by atoms with Crippen molar-refractivity contribution in [1.82, 2.24) is 38.2 Å². The van der Waals surface area contributed by atoms with E-state index in [0.717, 1.165) is 114 Å². The number of halogens is 2. The van der Waals surface area contributed by atoms with Gasteiger partial charge in [0.1, 0.15) is 68.2 Å². The van der Waals surface area contributed by atoms with Gasteiger partial charge in [-0.3, -0.25) is 71.8 Å². The number of benzene rings is 9. The zero-order valence-electron chi connectivity index (χ0n) is 86.1. The van der Waals surface area contributed by atoms with Crippen LogP contribution in [0.3, 0.4) is 0 Å². The number of aromatic nitrogens is 3. The summed E-state index contributed by atoms with van der Waals surface area (Å²) in [6, 6.07) is 55.9. The van der Waals surface area contributed by atoms with Crippen LogP contribution in [0.15, 0.2) is 230 Å². The van der Waals surface area contributed by atoms with Gasteiger partial charge in [-0.05, 0) is 212 Å². The monoisotopic (exact) mass is 2150 g/mol. The molecule has 10 N–H and O–H groups in total. The van der Waals surface area contributed by atoms with Gasteiger partial charge in [-0.2, -0.15) is 0 Å². The number of Topliss-reactive ketones (excluding diaryl/α,β-unsaturated/α-hetero) is 2. The Hall–Kier alpha value is -15.7. The van der Waals surface area contributed by atoms with Gasteiger partial charge < -0.3 is 92.3 Å². The molecule has 14 rings (SSSR count). The van der Waals surface area contributed by atoms with Gasteiger partial charge in [0.25, 0.3) is 17.1 Å². The van der Waals surface area contributed by atoms with E-state index in [1.807, 2.05) is 214 Å². The number of pyridine rings is 3. The number of methoxy groups -OCH3 is 8. The number of hydrogen-bond donors (Lipinski definition) is 7. The summed E-state index contributed by atoms with van der Waals surface area (Å²) in [4.78, 5) is 78.6. The number of anilines is 2. The van der Waals surface area contributed by atoms with Crippen LogP contribution < -0.4 is 77.1 Å². The minimum Gasteiger partial charge on any atom is -0.497 e. The van der Waals surface area contributed by atoms with E-state index in [4.69, 9.17) is 93.7 Å². The first-order valence-electron chi connectivity index (χ1n) is 44.6. The van der Waals surface area contributed by atoms with Crippen molar-refractivity contribution in [2.24, 2.45) is 11.6 Å². The Morgan fingerprint density at radius 3 is 1.27 bits per heavy atom. The minimum absolute atomic E-state index is 0. The van der Waals surface area contributed by atoms with Crippen LogP contribution in [0, 0.1) is 66.6 Å². The van der Waals surface area contributed by atoms with E-state index < -0.39 is 14.8 Å². The Morgan fingerprint density at radius 1 is 0.531 bits per heavy atom. The first-order valence-corrected chi connectivity index (χ1v) is 44.6. The topological polar surface area (TPSA) is 478 Å². The van der Waals surface area contributed by atoms with Gasteiger partial charge in [0.2, 0.25) is 11.5 Å². The van der Waals surface area contributed by atoms with E-state index in [2.05, 4.69) is 35.9 Å². The van der Waals surface area contributed by atoms with Crippen LogP contribution in [0.5, 0.6) is 46.0 Å². The molecule has 13 aromatic rings. The van der Waals surface area contributed by atoms with Crippen LogP contribution >= 0.6 is 24.8 Å². The number of carbonyl (C=O) groups is 3. The molecule has 1 aliphatic rings. The predicted molar refractivity (Wildman–Crippen MR) is 572 cm³/mol. The second-order valence-corrected chi connectivity index (χ2v) is 33.6. The summed E-state index contributed by atoms with van der Waals surface area (Å²) in [5.41, 5.74) is 22.1. The molecule has 2 amide bonds. The number of nitro benzene ring substituents is 3. The number of carbonyl (C=O) groups excluding carboxylic acids is 3. The summed E-state index contributed by atoms with van der Waals surface area (Å²) in [5, 5.41) is 62.1. The maximum Gasteiger partial charge on any atom is 0.319 e. The summed E-state index contributed by atoms with van der Waals surface area (Å²) in [6.45, 7) is 26.8. The van der Waals surface area contributed by atoms with Gasteiger partial charge in [0.15, 0.2) is 17.8 Å². The number of amides is 2. The summed E-state index contributed by atoms with van der Waals surface area (Å²) in [5.74, 6) is 11.2. The third kappa shape index (κ3) is 38.7. The van der Waals surface area contributed by atoms with E-state index in [1.54, 1.807) is 133 Å². The van der Waals surface area contributed by atoms with Gasteiger partial charge in [-0.25, -0.2) is 14.5 Å². The summed E-state index contributed by atoms with van der Waals surface area (Å²) < 4.78 is 58.1. The molecule has 4 aromatic heterocycles. The van der Waals surface area contributed by atoms with E-state index >= 15 is 0 Å². The van der Waals surface area contributed by atoms with E-state index in [9.17, 15) is 44.7 Å². The molecule has 1 saturated heterocycles. The molecule has 1 fully saturated rings. The number of fused-ring (bicyclic) bond motifs is 3. The number of hydrogen-bond acceptors (Lipinski definition) is 29. The Bertz CT molecular complexity index is 6860. The molecule has 0 spiro atoms. The molecule has 1 aliphatic heterocycles. The summed E-state index contributed by atoms with van der Waals surface area (Å²) in [7, 11) is 28.3. The van der Waals surface area contributed by atoms with E-state index in [1.165, 1.54) is 49.6 Å². The maximum absolute atomic E-state index is 11.0. The SMILES string of the molecule is CC(=O)CC(=O)c1ccco1.CN(C)C(OC(C)(C)C)N(C)C.CN1CCCN(C)C1=O.COc1ccc(CN)c(OC)c1.COc1ccc(Cn2ccc3ccc(N)cc3c2=N)c(OC)c1.COc1ccc(Cn2ccc3ccc(NN)cc3c2=N)c(OC)c1.COc1ccc(Cn2ccc3ccc([N+](=O)[O-])cc3c2=N)c(OC)c1.Cl.Cl.[C-]#[N+]c1cc([N+](=O)[O-])ccc1/C=C/N(C)C.[C-]#[N+]c1cc([N+](=O)[O-])ccc1C.[Pd]. The van der Waals surface area contributed by atoms with Gasteiger partial charge in [0.05, 0.1) is 123 Å². The third-order valence-corrected chi connectivity index (χ3v) is 21.3. The predicted octanol–water partition coefficient (Wildman–Crippen LogP) is 18.5. The molecule has 0 bridgehead atoms. The zero-order chi connectivity index (χ0) is 107. The van der Waals surface area contributed by atoms with Crippen molar-refractivity contribution in [3.63, 3.8) is 0 Å². The van der Waals surface area contributed by atoms with Crippen molar-refractivity contribution in [2.45, 2.75) is 85.6 Å². The number of furan rings is 1. The van der Waals surface area contributed by atoms with E-state index in [0.29, 0.717) is 71.0 Å². The Kier molecular flexibility index (Phi) is 53.0. The minimum atomic E-state index is -0.506. The normalized spacial score (nSPS) is 10.9. The van der Waals surface area contributed by atoms with Crippen LogP contribution in [0.2, 0.25) is 0 Å². The Morgan fingerprint density at radius 2 is 0.912 bits per heavy atom. The number of ketones is 2. The fraction of sp³-hybridized carbons (Fsp3) is 0.295. The van der Waals surface area contributed by atoms with Crippen molar-refractivity contribution in [1.29, 1.82) is 16.2 Å². The van der Waals surface area contributed by atoms with Crippen LogP contribution in [0.1, 0.15) is 84.5 Å². The summed E-state index contributed by atoms with van der Waals surface area (Å²) in [6.07, 6.45) is 11.6. The van der Waals surface area contributed by atoms with Gasteiger partial charge in [-0.15, -0.1) is 24.8 Å². The molecule has 0 aliphatic carbocycles. The number of nitrogen functional groups attached to an aromatic ring is 2. The van der Waals surface area contributed by atoms with Crippen molar-refractivity contribution in [2.75, 3.05) is 138 Å². The Balaban J connectivity index is 0.000000433. The number of nitrogens with zero attached hydrogens (tertiary/aromatic N) is 13. The fourth-order valence-electron chi connectivity index (χ4n) is 13.8. The molecule has 0 radical (unpaired) electrons. The first kappa shape index (κ1) is 125. The number of nitro groups is 3. The first-order chi connectivity index (χ1) is 68.5. The van der Waals surface area contributed by atoms with Gasteiger partial charge >= 0.3 is 6.03 Å². The molecule has 147 heavy (non-hydrogen) atoms. The second-order valence-electron chi connectivity index (χ2n) is 33.6. The molecule has 9 aromatic carbocycles. The van der Waals surface area contributed by atoms with Crippen molar-refractivity contribution < 1.29 is 96.6 Å². The second kappa shape index (κ2) is 62.1. The average molecular weight is 2150 g/mol. The molecular weight excluding hydrogens is 2020 g/mol. The molecule has 0 saturated carbocycles. The standard InChI is InChI=1S/C18H20N4O2.C18H17N3O4.C18H19N3O2.C11H11N3O2.C9H22N2O.C9H13NO2.C8H6N2O2.C8H8O3.C6H12N2O.2ClH.Pd/c1-23-15-6-4-13(17(10-15)24-2)11-22-8-7-12-3-5-14(21-20)9-16(12)18(22)19;1-24-15-6-4-13(17(10-15)25-2)11-20-8-7-12-3-5-14(21(22)23)9-16(12)18(20)19;1-22-15-6-4-13(17(10-15)23-2)11-21-8-7-12-3-5-14(19)9-16(12)18(21)20;1-12-11-8-10(14(15)16)5-4-9(11)6-7-13(2)3;1-9(2,3)12-8(10(4)5)11(6)7;1-11-8-4-3-7(6-10)9(5-8)12-2;1-6-3-4-7(10(11)12)5-8(6)9-2;1-6(9)5-7(10)8-3-2-4-11-8;1-7-4-3-5-8(2)6(7)9;;;/h3-10,19,21H,11,20H2,1-2H3;3-10,19H,11H2,1-2H3;3-10,20H,11,19H2,1-2H3;4-8H,2-3H3;8H,1-7H3;3-5H,6,10H2,1-2H3;3-5H,1H3;2-4H,5H2,1H3;3-5H2,1-2H3;2*1H;/b;;;7-6+;;;;;;;;. The zero-order valence-corrected chi connectivity index (χ0v) is 89.3. The van der Waals surface area contributed by atoms with Crippen molar-refractivity contribution >= 4 is 121 Å². The number of hydrazine groups is 1. The Labute approximate surface area is 880 Å². The van der Waals surface area contributed by atoms with Crippen LogP contribution in [-0.4, -0.2) is 209 Å². The smallest absolute Gasteiger partial charge is 0.319 e. The van der Waals surface area contributed by atoms with Crippen LogP contribution in [0.4, 0.5) is 44.6 Å². The van der Waals surface area contributed by atoms with Crippen LogP contribution in [-0.2, 0) is 56.1 Å². The molecule has 0 atom stereocenters. The van der Waals surface area contributed by atoms with E-state index in [-0.39, 0.29) is 115 Å². The molecule has 788 valence electrons. The number of non-ortho nitro benzene ring substituents is 3. The van der Waals surface area contributed by atoms with Crippen molar-refractivity contribution in [3.05, 3.63) is 334 Å². The average Bonchev–Trinajstić information content (AvgIpc) is 0.971. The molecule has 0 unspecified atom stereocenters. The molecule has 42 heteroatoms. The van der Waals surface area contributed by atoms with Gasteiger partial charge in [0, 0.05) is 197 Å². The quantitative estimate of drug-likeness (QED) is 0.00289. The molecule has 39 nitrogen and oxygen atoms in total. The molecule has 5 heterocycles. The number of nitrogens with two attached hydrogens (primary N) is 3. The maximum atomic E-state index is 11.0. The van der Waals surface area contributed by atoms with Gasteiger partial charge in [-0.1, -0.05) is 30.3 Å². The molecular formula is C105H130Cl2N20O19Pd. The number of urea groups is 1. The number of nitrogens with one attached hydrogen (secondary N) is 4. The van der Waals surface area contributed by atoms with Crippen molar-refractivity contribution in [3.8, 4) is 46.0 Å².